The molecular formula is C15H21NO2. The van der Waals surface area contributed by atoms with Crippen molar-refractivity contribution in [1.82, 2.24) is 5.32 Å². The molecule has 0 aliphatic carbocycles. The van der Waals surface area contributed by atoms with Gasteiger partial charge in [-0.15, -0.1) is 0 Å². The summed E-state index contributed by atoms with van der Waals surface area (Å²) in [5.41, 5.74) is 2.10. The van der Waals surface area contributed by atoms with E-state index in [0.29, 0.717) is 0 Å². The largest absolute Gasteiger partial charge is 0.504 e. The molecule has 0 bridgehead atoms. The number of hydrogen-bond donors (Lipinski definition) is 3. The predicted molar refractivity (Wildman–Crippen MR) is 73.7 cm³/mol. The van der Waals surface area contributed by atoms with E-state index in [-0.39, 0.29) is 22.6 Å². The van der Waals surface area contributed by atoms with Crippen LogP contribution in [0, 0.1) is 0 Å². The topological polar surface area (TPSA) is 52.5 Å². The van der Waals surface area contributed by atoms with Gasteiger partial charge in [-0.05, 0) is 57.4 Å². The van der Waals surface area contributed by atoms with Crippen LogP contribution in [0.3, 0.4) is 0 Å². The second-order valence-corrected chi connectivity index (χ2v) is 6.28. The maximum Gasteiger partial charge on any atom is 0.157 e. The first-order valence-electron chi connectivity index (χ1n) is 6.22. The average molecular weight is 247 g/mol. The molecule has 1 aliphatic heterocycles. The third-order valence-electron chi connectivity index (χ3n) is 3.17. The van der Waals surface area contributed by atoms with Gasteiger partial charge in [0.15, 0.2) is 11.5 Å². The Labute approximate surface area is 108 Å². The Kier molecular flexibility index (Phi) is 2.90. The highest BCUT2D eigenvalue weighted by molar-refractivity contribution is 5.70. The van der Waals surface area contributed by atoms with Gasteiger partial charge < -0.3 is 15.5 Å². The summed E-state index contributed by atoms with van der Waals surface area (Å²) in [7, 11) is 0. The molecule has 1 heterocycles. The first-order chi connectivity index (χ1) is 8.19. The molecule has 0 spiro atoms. The summed E-state index contributed by atoms with van der Waals surface area (Å²) < 4.78 is 0. The lowest BCUT2D eigenvalue weighted by atomic mass is 9.81. The molecule has 1 aliphatic rings. The molecule has 3 heteroatoms. The van der Waals surface area contributed by atoms with E-state index in [2.05, 4.69) is 39.1 Å². The quantitative estimate of drug-likeness (QED) is 0.669. The van der Waals surface area contributed by atoms with Crippen molar-refractivity contribution in [1.29, 1.82) is 0 Å². The maximum absolute atomic E-state index is 9.60. The van der Waals surface area contributed by atoms with E-state index < -0.39 is 0 Å². The summed E-state index contributed by atoms with van der Waals surface area (Å²) in [5.74, 6) is -0.144. The fourth-order valence-electron chi connectivity index (χ4n) is 2.82. The van der Waals surface area contributed by atoms with Crippen molar-refractivity contribution in [3.8, 4) is 11.5 Å². The van der Waals surface area contributed by atoms with Crippen LogP contribution < -0.4 is 5.32 Å². The van der Waals surface area contributed by atoms with Crippen LogP contribution >= 0.6 is 0 Å². The van der Waals surface area contributed by atoms with Crippen molar-refractivity contribution in [3.05, 3.63) is 29.8 Å². The van der Waals surface area contributed by atoms with Gasteiger partial charge in [-0.25, -0.2) is 0 Å². The standard InChI is InChI=1S/C15H21NO2/c1-14(2)8-11(9-15(3,4)16-14)10-5-6-12(17)13(18)7-10/h5-8,16-18H,9H2,1-4H3. The lowest BCUT2D eigenvalue weighted by molar-refractivity contribution is 0.297. The third kappa shape index (κ3) is 2.67. The van der Waals surface area contributed by atoms with Crippen molar-refractivity contribution in [3.63, 3.8) is 0 Å². The van der Waals surface area contributed by atoms with Crippen LogP contribution in [0.15, 0.2) is 24.3 Å². The highest BCUT2D eigenvalue weighted by Crippen LogP contribution is 2.36. The zero-order chi connectivity index (χ0) is 13.6. The van der Waals surface area contributed by atoms with Crippen LogP contribution in [0.2, 0.25) is 0 Å². The Morgan fingerprint density at radius 1 is 1.06 bits per heavy atom. The predicted octanol–water partition coefficient (Wildman–Crippen LogP) is 3.03. The van der Waals surface area contributed by atoms with Gasteiger partial charge in [0.1, 0.15) is 0 Å². The molecule has 0 fully saturated rings. The van der Waals surface area contributed by atoms with E-state index in [4.69, 9.17) is 0 Å². The molecule has 3 nitrogen and oxygen atoms in total. The number of benzene rings is 1. The Hall–Kier alpha value is -1.48. The lowest BCUT2D eigenvalue weighted by Gasteiger charge is -2.41. The average Bonchev–Trinajstić information content (AvgIpc) is 2.17. The van der Waals surface area contributed by atoms with E-state index in [1.807, 2.05) is 6.07 Å². The second-order valence-electron chi connectivity index (χ2n) is 6.28. The molecule has 0 unspecified atom stereocenters. The Morgan fingerprint density at radius 2 is 1.72 bits per heavy atom. The number of phenolic OH excluding ortho intramolecular Hbond substituents is 2. The van der Waals surface area contributed by atoms with Gasteiger partial charge in [-0.3, -0.25) is 0 Å². The van der Waals surface area contributed by atoms with Crippen LogP contribution in [-0.2, 0) is 0 Å². The first kappa shape index (κ1) is 13.0. The molecule has 0 amide bonds. The van der Waals surface area contributed by atoms with Crippen LogP contribution in [-0.4, -0.2) is 21.3 Å². The van der Waals surface area contributed by atoms with E-state index in [9.17, 15) is 10.2 Å². The molecule has 98 valence electrons. The molecule has 1 aromatic carbocycles. The molecule has 3 N–H and O–H groups in total. The minimum Gasteiger partial charge on any atom is -0.504 e. The maximum atomic E-state index is 9.60. The van der Waals surface area contributed by atoms with Gasteiger partial charge in [-0.2, -0.15) is 0 Å². The van der Waals surface area contributed by atoms with Crippen molar-refractivity contribution >= 4 is 5.57 Å². The third-order valence-corrected chi connectivity index (χ3v) is 3.17. The number of phenols is 2. The molecular weight excluding hydrogens is 226 g/mol. The Morgan fingerprint density at radius 3 is 2.28 bits per heavy atom. The smallest absolute Gasteiger partial charge is 0.157 e. The van der Waals surface area contributed by atoms with E-state index in [1.54, 1.807) is 6.07 Å². The minimum atomic E-state index is -0.0788. The summed E-state index contributed by atoms with van der Waals surface area (Å²) >= 11 is 0. The second kappa shape index (κ2) is 4.02. The van der Waals surface area contributed by atoms with Gasteiger partial charge in [-0.1, -0.05) is 12.1 Å². The lowest BCUT2D eigenvalue weighted by Crippen LogP contribution is -2.53. The molecule has 2 rings (SSSR count). The molecule has 0 radical (unpaired) electrons. The fourth-order valence-corrected chi connectivity index (χ4v) is 2.82. The summed E-state index contributed by atoms with van der Waals surface area (Å²) in [6.45, 7) is 8.60. The SMILES string of the molecule is CC1(C)C=C(c2ccc(O)c(O)c2)CC(C)(C)N1. The first-order valence-corrected chi connectivity index (χ1v) is 6.22. The monoisotopic (exact) mass is 247 g/mol. The molecule has 18 heavy (non-hydrogen) atoms. The van der Waals surface area contributed by atoms with Crippen LogP contribution in [0.4, 0.5) is 0 Å². The normalized spacial score (nSPS) is 21.4. The zero-order valence-electron chi connectivity index (χ0n) is 11.4. The summed E-state index contributed by atoms with van der Waals surface area (Å²) in [6.07, 6.45) is 3.07. The zero-order valence-corrected chi connectivity index (χ0v) is 11.4. The number of rotatable bonds is 1. The molecule has 1 aromatic rings. The van der Waals surface area contributed by atoms with E-state index >= 15 is 0 Å². The molecule has 0 atom stereocenters. The Bertz CT molecular complexity index is 501. The van der Waals surface area contributed by atoms with Crippen LogP contribution in [0.5, 0.6) is 11.5 Å². The Balaban J connectivity index is 2.43. The number of hydrogen-bond acceptors (Lipinski definition) is 3. The van der Waals surface area contributed by atoms with Gasteiger partial charge in [0.05, 0.1) is 0 Å². The van der Waals surface area contributed by atoms with Crippen molar-refractivity contribution in [2.24, 2.45) is 0 Å². The summed E-state index contributed by atoms with van der Waals surface area (Å²) in [6, 6.07) is 5.00. The van der Waals surface area contributed by atoms with E-state index in [0.717, 1.165) is 12.0 Å². The summed E-state index contributed by atoms with van der Waals surface area (Å²) in [4.78, 5) is 0. The van der Waals surface area contributed by atoms with E-state index in [1.165, 1.54) is 11.6 Å². The van der Waals surface area contributed by atoms with Gasteiger partial charge >= 0.3 is 0 Å². The van der Waals surface area contributed by atoms with Crippen molar-refractivity contribution in [2.75, 3.05) is 0 Å². The van der Waals surface area contributed by atoms with Gasteiger partial charge in [0, 0.05) is 11.1 Å². The highest BCUT2D eigenvalue weighted by Gasteiger charge is 2.32. The molecule has 0 aromatic heterocycles. The highest BCUT2D eigenvalue weighted by atomic mass is 16.3. The van der Waals surface area contributed by atoms with Crippen molar-refractivity contribution in [2.45, 2.75) is 45.2 Å². The number of aromatic hydroxyl groups is 2. The number of nitrogens with one attached hydrogen (secondary N) is 1. The van der Waals surface area contributed by atoms with Crippen molar-refractivity contribution < 1.29 is 10.2 Å². The molecule has 0 saturated carbocycles. The fraction of sp³-hybridized carbons (Fsp3) is 0.467. The minimum absolute atomic E-state index is 0.0150. The van der Waals surface area contributed by atoms with Gasteiger partial charge in [0.2, 0.25) is 0 Å². The van der Waals surface area contributed by atoms with Crippen LogP contribution in [0.25, 0.3) is 5.57 Å². The molecule has 0 saturated heterocycles. The summed E-state index contributed by atoms with van der Waals surface area (Å²) in [5, 5.41) is 22.5. The van der Waals surface area contributed by atoms with Gasteiger partial charge in [0.25, 0.3) is 0 Å². The van der Waals surface area contributed by atoms with Crippen LogP contribution in [0.1, 0.15) is 39.7 Å².